The first-order valence-corrected chi connectivity index (χ1v) is 22.8. The standard InChI is InChI=1S/C49H63FN2O14/c1-26-32(61-43(57)37(55)36(30-16-12-13-17-31(30)50)51-44(58)66-45(3,4)5)22-49(59)41(64-42(56)28-14-10-9-11-15-28)39-47(8,20-18-33-48(39,25-60-33)65-27(2)54)40-38(35(26)46(49,6)7)62-34(63-40)23-52-21-19-29(52)24-53/h9-17,29,32-34,36-41,53,55,59H,18-25H2,1-8H3,(H,51,58)/t29-,32-,33+,34+,36-,37+,38+,39-,40+,41-,47+,48-,49+/m0/s1. The van der Waals surface area contributed by atoms with E-state index in [0.717, 1.165) is 12.5 Å². The summed E-state index contributed by atoms with van der Waals surface area (Å²) < 4.78 is 60.2. The molecule has 3 heterocycles. The first-order chi connectivity index (χ1) is 31.0. The third-order valence-electron chi connectivity index (χ3n) is 15.1. The third-order valence-corrected chi connectivity index (χ3v) is 15.1. The zero-order chi connectivity index (χ0) is 47.7. The van der Waals surface area contributed by atoms with E-state index in [1.807, 2.05) is 6.92 Å². The molecule has 0 unspecified atom stereocenters. The van der Waals surface area contributed by atoms with Gasteiger partial charge in [-0.3, -0.25) is 9.69 Å². The van der Waals surface area contributed by atoms with Gasteiger partial charge >= 0.3 is 24.0 Å². The molecule has 3 aliphatic carbocycles. The number of alkyl carbamates (subject to hydrolysis) is 1. The number of carbonyl (C=O) groups is 4. The van der Waals surface area contributed by atoms with Crippen LogP contribution in [0.25, 0.3) is 0 Å². The van der Waals surface area contributed by atoms with E-state index in [0.29, 0.717) is 37.1 Å². The molecule has 66 heavy (non-hydrogen) atoms. The number of halogens is 1. The SMILES string of the molecule is CC(=O)O[C@@]12CO[C@@H]1CC[C@@]1(C)[C@@H]3O[C@H](CN4CC[C@H]4CO)O[C@@H]3C3=C(C)[C@@H](OC(=O)[C@H](O)[C@@H](NC(=O)OC(C)(C)C)c4ccccc4F)C[C@@](O)([C@@H](OC(=O)c4ccccc4)[C@@H]12)C3(C)C. The van der Waals surface area contributed by atoms with E-state index in [-0.39, 0.29) is 30.4 Å². The molecule has 0 aromatic heterocycles. The van der Waals surface area contributed by atoms with Gasteiger partial charge in [-0.05, 0) is 76.3 Å². The zero-order valence-electron chi connectivity index (χ0n) is 38.8. The fourth-order valence-corrected chi connectivity index (χ4v) is 11.7. The average Bonchev–Trinajstić information content (AvgIpc) is 3.65. The maximum Gasteiger partial charge on any atom is 0.408 e. The molecular formula is C49H63FN2O14. The highest BCUT2D eigenvalue weighted by Gasteiger charge is 2.77. The number of amides is 1. The molecule has 0 spiro atoms. The molecule has 5 fully saturated rings. The number of aliphatic hydroxyl groups is 3. The van der Waals surface area contributed by atoms with Crippen LogP contribution >= 0.6 is 0 Å². The van der Waals surface area contributed by atoms with E-state index in [1.165, 1.54) is 25.1 Å². The second kappa shape index (κ2) is 17.5. The summed E-state index contributed by atoms with van der Waals surface area (Å²) in [7, 11) is 0. The molecule has 2 aromatic carbocycles. The molecule has 13 atom stereocenters. The van der Waals surface area contributed by atoms with Gasteiger partial charge in [0, 0.05) is 48.9 Å². The minimum atomic E-state index is -2.20. The molecule has 360 valence electrons. The number of nitrogens with zero attached hydrogens (tertiary/aromatic N) is 1. The Balaban J connectivity index is 1.27. The monoisotopic (exact) mass is 922 g/mol. The van der Waals surface area contributed by atoms with E-state index in [9.17, 15) is 34.5 Å². The number of rotatable bonds is 11. The zero-order valence-corrected chi connectivity index (χ0v) is 38.8. The van der Waals surface area contributed by atoms with Crippen molar-refractivity contribution in [2.24, 2.45) is 16.7 Å². The van der Waals surface area contributed by atoms with Gasteiger partial charge in [0.2, 0.25) is 0 Å². The van der Waals surface area contributed by atoms with Crippen molar-refractivity contribution in [2.75, 3.05) is 26.3 Å². The molecule has 2 bridgehead atoms. The lowest BCUT2D eigenvalue weighted by atomic mass is 9.45. The normalized spacial score (nSPS) is 35.5. The summed E-state index contributed by atoms with van der Waals surface area (Å²) in [6.45, 7) is 14.4. The van der Waals surface area contributed by atoms with Crippen LogP contribution in [0.1, 0.15) is 103 Å². The number of benzene rings is 2. The highest BCUT2D eigenvalue weighted by atomic mass is 19.1. The first kappa shape index (κ1) is 48.0. The smallest absolute Gasteiger partial charge is 0.408 e. The van der Waals surface area contributed by atoms with Crippen molar-refractivity contribution in [3.8, 4) is 0 Å². The summed E-state index contributed by atoms with van der Waals surface area (Å²) in [4.78, 5) is 57.4. The van der Waals surface area contributed by atoms with Crippen LogP contribution in [0.4, 0.5) is 9.18 Å². The highest BCUT2D eigenvalue weighted by Crippen LogP contribution is 2.66. The summed E-state index contributed by atoms with van der Waals surface area (Å²) >= 11 is 0. The van der Waals surface area contributed by atoms with Crippen molar-refractivity contribution in [1.29, 1.82) is 0 Å². The maximum absolute atomic E-state index is 15.4. The second-order valence-corrected chi connectivity index (χ2v) is 20.6. The van der Waals surface area contributed by atoms with Crippen molar-refractivity contribution in [3.63, 3.8) is 0 Å². The molecule has 8 rings (SSSR count). The van der Waals surface area contributed by atoms with Gasteiger partial charge in [-0.15, -0.1) is 0 Å². The Kier molecular flexibility index (Phi) is 12.8. The van der Waals surface area contributed by atoms with E-state index < -0.39 is 119 Å². The molecule has 3 aliphatic heterocycles. The molecule has 0 radical (unpaired) electrons. The summed E-state index contributed by atoms with van der Waals surface area (Å²) in [5.41, 5.74) is -6.01. The van der Waals surface area contributed by atoms with Gasteiger partial charge in [0.25, 0.3) is 0 Å². The summed E-state index contributed by atoms with van der Waals surface area (Å²) in [5, 5.41) is 38.3. The van der Waals surface area contributed by atoms with Gasteiger partial charge in [-0.2, -0.15) is 0 Å². The number of likely N-dealkylation sites (tertiary alicyclic amines) is 1. The van der Waals surface area contributed by atoms with Crippen molar-refractivity contribution in [2.45, 2.75) is 153 Å². The van der Waals surface area contributed by atoms with Crippen LogP contribution < -0.4 is 5.32 Å². The molecule has 3 saturated heterocycles. The summed E-state index contributed by atoms with van der Waals surface area (Å²) in [6, 6.07) is 11.8. The molecule has 2 saturated carbocycles. The number of fused-ring (bicyclic) bond motifs is 8. The van der Waals surface area contributed by atoms with Crippen LogP contribution in [0.3, 0.4) is 0 Å². The number of nitrogens with one attached hydrogen (secondary N) is 1. The number of hydrogen-bond acceptors (Lipinski definition) is 15. The lowest BCUT2D eigenvalue weighted by molar-refractivity contribution is -0.345. The Morgan fingerprint density at radius 1 is 1.00 bits per heavy atom. The number of aliphatic hydroxyl groups excluding tert-OH is 2. The van der Waals surface area contributed by atoms with Gasteiger partial charge in [-0.1, -0.05) is 57.2 Å². The Morgan fingerprint density at radius 2 is 1.70 bits per heavy atom. The Morgan fingerprint density at radius 3 is 2.30 bits per heavy atom. The molecule has 6 aliphatic rings. The Hall–Kier alpha value is -4.49. The van der Waals surface area contributed by atoms with Crippen molar-refractivity contribution in [1.82, 2.24) is 10.2 Å². The summed E-state index contributed by atoms with van der Waals surface area (Å²) in [5.74, 6) is -4.47. The largest absolute Gasteiger partial charge is 0.456 e. The Labute approximate surface area is 384 Å². The van der Waals surface area contributed by atoms with E-state index in [2.05, 4.69) is 10.2 Å². The molecule has 1 amide bonds. The van der Waals surface area contributed by atoms with Crippen LogP contribution in [0, 0.1) is 22.6 Å². The van der Waals surface area contributed by atoms with Gasteiger partial charge in [0.1, 0.15) is 41.4 Å². The fourth-order valence-electron chi connectivity index (χ4n) is 11.7. The van der Waals surface area contributed by atoms with Crippen molar-refractivity contribution >= 4 is 24.0 Å². The van der Waals surface area contributed by atoms with Crippen LogP contribution in [-0.4, -0.2) is 136 Å². The van der Waals surface area contributed by atoms with Crippen LogP contribution in [-0.2, 0) is 42.7 Å². The Bertz CT molecular complexity index is 2230. The second-order valence-electron chi connectivity index (χ2n) is 20.6. The maximum atomic E-state index is 15.4. The minimum Gasteiger partial charge on any atom is -0.456 e. The van der Waals surface area contributed by atoms with Gasteiger partial charge < -0.3 is 53.8 Å². The number of esters is 3. The van der Waals surface area contributed by atoms with E-state index in [4.69, 9.17) is 33.2 Å². The van der Waals surface area contributed by atoms with E-state index in [1.54, 1.807) is 71.9 Å². The molecule has 2 aromatic rings. The van der Waals surface area contributed by atoms with Gasteiger partial charge in [0.05, 0.1) is 36.8 Å². The predicted octanol–water partition coefficient (Wildman–Crippen LogP) is 4.67. The predicted molar refractivity (Wildman–Crippen MR) is 232 cm³/mol. The van der Waals surface area contributed by atoms with Crippen molar-refractivity contribution in [3.05, 3.63) is 82.7 Å². The van der Waals surface area contributed by atoms with Gasteiger partial charge in [0.15, 0.2) is 18.0 Å². The van der Waals surface area contributed by atoms with Crippen LogP contribution in [0.5, 0.6) is 0 Å². The van der Waals surface area contributed by atoms with Crippen LogP contribution in [0.2, 0.25) is 0 Å². The topological polar surface area (TPSA) is 209 Å². The summed E-state index contributed by atoms with van der Waals surface area (Å²) in [6.07, 6.45) is -8.04. The van der Waals surface area contributed by atoms with Crippen molar-refractivity contribution < 1.29 is 72.0 Å². The molecule has 4 N–H and O–H groups in total. The average molecular weight is 923 g/mol. The van der Waals surface area contributed by atoms with Crippen LogP contribution in [0.15, 0.2) is 65.7 Å². The van der Waals surface area contributed by atoms with E-state index >= 15 is 4.39 Å². The number of hydrogen-bond donors (Lipinski definition) is 4. The third kappa shape index (κ3) is 8.21. The molecule has 16 nitrogen and oxygen atoms in total. The first-order valence-electron chi connectivity index (χ1n) is 22.8. The molecule has 17 heteroatoms. The minimum absolute atomic E-state index is 0.0472. The highest BCUT2D eigenvalue weighted by molar-refractivity contribution is 5.89. The molecular weight excluding hydrogens is 860 g/mol. The number of ether oxygens (including phenoxy) is 7. The fraction of sp³-hybridized carbons (Fsp3) is 0.633. The quantitative estimate of drug-likeness (QED) is 0.137. The lowest BCUT2D eigenvalue weighted by Gasteiger charge is -2.68. The van der Waals surface area contributed by atoms with Gasteiger partial charge in [-0.25, -0.2) is 18.8 Å². The number of carbonyl (C=O) groups excluding carboxylic acids is 4. The lowest BCUT2D eigenvalue weighted by Crippen LogP contribution is -2.79.